The van der Waals surface area contributed by atoms with E-state index >= 15 is 0 Å². The average molecular weight is 289 g/mol. The Hall–Kier alpha value is -1.88. The molecular formula is C16H23N3O2. The molecule has 0 bridgehead atoms. The van der Waals surface area contributed by atoms with Gasteiger partial charge in [-0.25, -0.2) is 4.79 Å². The van der Waals surface area contributed by atoms with Crippen molar-refractivity contribution in [3.8, 4) is 0 Å². The molecule has 0 aromatic heterocycles. The van der Waals surface area contributed by atoms with Crippen molar-refractivity contribution in [2.24, 2.45) is 0 Å². The fourth-order valence-electron chi connectivity index (χ4n) is 2.89. The summed E-state index contributed by atoms with van der Waals surface area (Å²) >= 11 is 0. The van der Waals surface area contributed by atoms with E-state index in [0.29, 0.717) is 12.5 Å². The van der Waals surface area contributed by atoms with Crippen LogP contribution in [0.25, 0.3) is 0 Å². The van der Waals surface area contributed by atoms with Gasteiger partial charge in [0.15, 0.2) is 0 Å². The summed E-state index contributed by atoms with van der Waals surface area (Å²) < 4.78 is 0. The van der Waals surface area contributed by atoms with Gasteiger partial charge in [-0.2, -0.15) is 0 Å². The lowest BCUT2D eigenvalue weighted by Gasteiger charge is -2.25. The smallest absolute Gasteiger partial charge is 0.321 e. The van der Waals surface area contributed by atoms with Gasteiger partial charge in [0.05, 0.1) is 0 Å². The molecule has 1 atom stereocenters. The van der Waals surface area contributed by atoms with Crippen molar-refractivity contribution in [1.82, 2.24) is 15.5 Å². The Morgan fingerprint density at radius 3 is 2.86 bits per heavy atom. The van der Waals surface area contributed by atoms with Gasteiger partial charge in [-0.15, -0.1) is 0 Å². The highest BCUT2D eigenvalue weighted by atomic mass is 16.2. The van der Waals surface area contributed by atoms with Crippen LogP contribution in [0.5, 0.6) is 0 Å². The SMILES string of the molecule is CNC(=O)NC(=O)CCCN(C)C1CCc2ccccc21. The molecule has 0 aliphatic heterocycles. The fourth-order valence-corrected chi connectivity index (χ4v) is 2.89. The molecule has 2 rings (SSSR count). The van der Waals surface area contributed by atoms with Crippen molar-refractivity contribution in [1.29, 1.82) is 0 Å². The van der Waals surface area contributed by atoms with E-state index in [1.807, 2.05) is 0 Å². The minimum absolute atomic E-state index is 0.227. The maximum Gasteiger partial charge on any atom is 0.321 e. The number of nitrogens with one attached hydrogen (secondary N) is 2. The second-order valence-corrected chi connectivity index (χ2v) is 5.46. The van der Waals surface area contributed by atoms with Crippen LogP contribution in [0.1, 0.15) is 36.4 Å². The first-order valence-corrected chi connectivity index (χ1v) is 7.41. The number of carbonyl (C=O) groups is 2. The van der Waals surface area contributed by atoms with E-state index in [-0.39, 0.29) is 5.91 Å². The van der Waals surface area contributed by atoms with E-state index in [1.165, 1.54) is 18.2 Å². The summed E-state index contributed by atoms with van der Waals surface area (Å²) in [7, 11) is 3.59. The number of imide groups is 1. The molecule has 2 N–H and O–H groups in total. The lowest BCUT2D eigenvalue weighted by atomic mass is 10.1. The van der Waals surface area contributed by atoms with E-state index in [4.69, 9.17) is 0 Å². The lowest BCUT2D eigenvalue weighted by Crippen LogP contribution is -2.37. The van der Waals surface area contributed by atoms with Gasteiger partial charge in [-0.3, -0.25) is 15.0 Å². The molecule has 1 aliphatic carbocycles. The van der Waals surface area contributed by atoms with Crippen LogP contribution in [0.4, 0.5) is 4.79 Å². The zero-order valence-corrected chi connectivity index (χ0v) is 12.7. The highest BCUT2D eigenvalue weighted by Crippen LogP contribution is 2.34. The molecule has 21 heavy (non-hydrogen) atoms. The third kappa shape index (κ3) is 4.04. The second kappa shape index (κ2) is 7.22. The first-order chi connectivity index (χ1) is 10.1. The summed E-state index contributed by atoms with van der Waals surface area (Å²) in [6.45, 7) is 0.847. The number of rotatable bonds is 5. The number of hydrogen-bond acceptors (Lipinski definition) is 3. The minimum Gasteiger partial charge on any atom is -0.341 e. The van der Waals surface area contributed by atoms with Crippen LogP contribution >= 0.6 is 0 Å². The van der Waals surface area contributed by atoms with Crippen molar-refractivity contribution in [3.05, 3.63) is 35.4 Å². The highest BCUT2D eigenvalue weighted by molar-refractivity contribution is 5.94. The predicted octanol–water partition coefficient (Wildman–Crippen LogP) is 1.84. The quantitative estimate of drug-likeness (QED) is 0.869. The second-order valence-electron chi connectivity index (χ2n) is 5.46. The molecule has 0 saturated heterocycles. The molecule has 114 valence electrons. The van der Waals surface area contributed by atoms with Crippen molar-refractivity contribution in [2.45, 2.75) is 31.7 Å². The maximum absolute atomic E-state index is 11.5. The molecule has 1 aromatic carbocycles. The molecule has 5 nitrogen and oxygen atoms in total. The summed E-state index contributed by atoms with van der Waals surface area (Å²) in [4.78, 5) is 24.8. The predicted molar refractivity (Wildman–Crippen MR) is 82.0 cm³/mol. The minimum atomic E-state index is -0.446. The van der Waals surface area contributed by atoms with Gasteiger partial charge in [0.2, 0.25) is 5.91 Å². The summed E-state index contributed by atoms with van der Waals surface area (Å²) in [5.41, 5.74) is 2.85. The van der Waals surface area contributed by atoms with Gasteiger partial charge in [0.1, 0.15) is 0 Å². The Balaban J connectivity index is 1.77. The molecule has 1 unspecified atom stereocenters. The summed E-state index contributed by atoms with van der Waals surface area (Å²) in [6.07, 6.45) is 3.38. The zero-order valence-electron chi connectivity index (χ0n) is 12.7. The van der Waals surface area contributed by atoms with Crippen molar-refractivity contribution < 1.29 is 9.59 Å². The van der Waals surface area contributed by atoms with E-state index < -0.39 is 6.03 Å². The van der Waals surface area contributed by atoms with E-state index in [0.717, 1.165) is 25.8 Å². The highest BCUT2D eigenvalue weighted by Gasteiger charge is 2.25. The first-order valence-electron chi connectivity index (χ1n) is 7.41. The van der Waals surface area contributed by atoms with Gasteiger partial charge in [0, 0.05) is 19.5 Å². The Morgan fingerprint density at radius 2 is 2.10 bits per heavy atom. The van der Waals surface area contributed by atoms with Gasteiger partial charge < -0.3 is 5.32 Å². The third-order valence-electron chi connectivity index (χ3n) is 4.03. The summed E-state index contributed by atoms with van der Waals surface area (Å²) in [5.74, 6) is -0.227. The molecule has 0 heterocycles. The molecule has 0 saturated carbocycles. The molecule has 5 heteroatoms. The zero-order chi connectivity index (χ0) is 15.2. The number of benzene rings is 1. The Bertz CT molecular complexity index is 516. The normalized spacial score (nSPS) is 16.6. The van der Waals surface area contributed by atoms with Gasteiger partial charge >= 0.3 is 6.03 Å². The van der Waals surface area contributed by atoms with Crippen LogP contribution in [0, 0.1) is 0 Å². The van der Waals surface area contributed by atoms with E-state index in [2.05, 4.69) is 46.8 Å². The average Bonchev–Trinajstić information content (AvgIpc) is 2.91. The first kappa shape index (κ1) is 15.5. The number of aryl methyl sites for hydroxylation is 1. The summed E-state index contributed by atoms with van der Waals surface area (Å²) in [5, 5.41) is 4.65. The number of fused-ring (bicyclic) bond motifs is 1. The number of carbonyl (C=O) groups excluding carboxylic acids is 2. The molecule has 3 amide bonds. The van der Waals surface area contributed by atoms with Crippen molar-refractivity contribution in [3.63, 3.8) is 0 Å². The van der Waals surface area contributed by atoms with Crippen LogP contribution in [-0.4, -0.2) is 37.5 Å². The lowest BCUT2D eigenvalue weighted by molar-refractivity contribution is -0.120. The largest absolute Gasteiger partial charge is 0.341 e. The standard InChI is InChI=1S/C16H23N3O2/c1-17-16(21)18-15(20)8-5-11-19(2)14-10-9-12-6-3-4-7-13(12)14/h3-4,6-7,14H,5,8-11H2,1-2H3,(H2,17,18,20,21). The molecule has 0 fully saturated rings. The number of nitrogens with zero attached hydrogens (tertiary/aromatic N) is 1. The van der Waals surface area contributed by atoms with Crippen molar-refractivity contribution in [2.75, 3.05) is 20.6 Å². The molecule has 0 radical (unpaired) electrons. The van der Waals surface area contributed by atoms with Crippen molar-refractivity contribution >= 4 is 11.9 Å². The molecule has 0 spiro atoms. The van der Waals surface area contributed by atoms with Crippen LogP contribution in [0.15, 0.2) is 24.3 Å². The third-order valence-corrected chi connectivity index (χ3v) is 4.03. The number of amides is 3. The van der Waals surface area contributed by atoms with Gasteiger partial charge in [0.25, 0.3) is 0 Å². The van der Waals surface area contributed by atoms with E-state index in [1.54, 1.807) is 0 Å². The molecule has 1 aromatic rings. The Labute approximate surface area is 125 Å². The Kier molecular flexibility index (Phi) is 5.33. The van der Waals surface area contributed by atoms with E-state index in [9.17, 15) is 9.59 Å². The van der Waals surface area contributed by atoms with Crippen LogP contribution < -0.4 is 10.6 Å². The molecular weight excluding hydrogens is 266 g/mol. The van der Waals surface area contributed by atoms with Crippen LogP contribution in [0.3, 0.4) is 0 Å². The number of hydrogen-bond donors (Lipinski definition) is 2. The summed E-state index contributed by atoms with van der Waals surface area (Å²) in [6, 6.07) is 8.56. The topological polar surface area (TPSA) is 61.4 Å². The fraction of sp³-hybridized carbons (Fsp3) is 0.500. The van der Waals surface area contributed by atoms with Gasteiger partial charge in [-0.1, -0.05) is 24.3 Å². The Morgan fingerprint density at radius 1 is 1.33 bits per heavy atom. The van der Waals surface area contributed by atoms with Crippen LogP contribution in [0.2, 0.25) is 0 Å². The molecule has 1 aliphatic rings. The maximum atomic E-state index is 11.5. The monoisotopic (exact) mass is 289 g/mol. The van der Waals surface area contributed by atoms with Crippen LogP contribution in [-0.2, 0) is 11.2 Å². The number of urea groups is 1. The van der Waals surface area contributed by atoms with Gasteiger partial charge in [-0.05, 0) is 44.0 Å².